The van der Waals surface area contributed by atoms with E-state index in [2.05, 4.69) is 46.1 Å². The van der Waals surface area contributed by atoms with Gasteiger partial charge in [-0.3, -0.25) is 0 Å². The molecule has 140 valence electrons. The van der Waals surface area contributed by atoms with Crippen LogP contribution in [0.15, 0.2) is 20.6 Å². The average molecular weight is 495 g/mol. The summed E-state index contributed by atoms with van der Waals surface area (Å²) in [4.78, 5) is 37.2. The maximum Gasteiger partial charge on any atom is 0.416 e. The second-order valence-electron chi connectivity index (χ2n) is 4.90. The molecule has 1 unspecified atom stereocenters. The van der Waals surface area contributed by atoms with E-state index in [1.165, 1.54) is 6.07 Å². The number of rotatable bonds is 2. The Labute approximate surface area is 164 Å². The molecule has 2 N–H and O–H groups in total. The molecule has 11 heteroatoms. The van der Waals surface area contributed by atoms with Crippen molar-refractivity contribution in [3.63, 3.8) is 0 Å². The van der Waals surface area contributed by atoms with Gasteiger partial charge in [-0.1, -0.05) is 0 Å². The van der Waals surface area contributed by atoms with Gasteiger partial charge in [0.1, 0.15) is 5.75 Å². The number of anilines is 1. The fourth-order valence-corrected chi connectivity index (χ4v) is 3.80. The Balaban J connectivity index is 2.95. The van der Waals surface area contributed by atoms with Crippen molar-refractivity contribution < 1.29 is 38.8 Å². The molecule has 0 fully saturated rings. The molecule has 0 aromatic heterocycles. The van der Waals surface area contributed by atoms with Crippen LogP contribution in [0.3, 0.4) is 0 Å². The number of halogens is 2. The number of aliphatic hydroxyl groups excluding tert-OH is 1. The van der Waals surface area contributed by atoms with E-state index in [-0.39, 0.29) is 31.5 Å². The maximum absolute atomic E-state index is 12.2. The lowest BCUT2D eigenvalue weighted by Gasteiger charge is -2.20. The van der Waals surface area contributed by atoms with Crippen LogP contribution >= 0.6 is 31.9 Å². The minimum Gasteiger partial charge on any atom is -0.506 e. The van der Waals surface area contributed by atoms with E-state index in [0.717, 1.165) is 26.2 Å². The molecule has 26 heavy (non-hydrogen) atoms. The third kappa shape index (κ3) is 3.06. The predicted molar refractivity (Wildman–Crippen MR) is 95.3 cm³/mol. The number of carbonyl (C=O) groups is 3. The molecule has 0 bridgehead atoms. The Morgan fingerprint density at radius 3 is 2.08 bits per heavy atom. The molecule has 1 aromatic rings. The first-order valence-corrected chi connectivity index (χ1v) is 8.47. The number of esters is 2. The summed E-state index contributed by atoms with van der Waals surface area (Å²) < 4.78 is 14.1. The lowest BCUT2D eigenvalue weighted by atomic mass is 10.00. The molecule has 1 amide bonds. The fourth-order valence-electron chi connectivity index (χ4n) is 2.49. The quantitative estimate of drug-likeness (QED) is 0.210. The van der Waals surface area contributed by atoms with Crippen molar-refractivity contribution in [3.8, 4) is 5.75 Å². The van der Waals surface area contributed by atoms with E-state index in [4.69, 9.17) is 0 Å². The third-order valence-electron chi connectivity index (χ3n) is 3.62. The van der Waals surface area contributed by atoms with Crippen LogP contribution in [-0.2, 0) is 23.8 Å². The molecule has 9 nitrogen and oxygen atoms in total. The summed E-state index contributed by atoms with van der Waals surface area (Å²) >= 11 is 6.27. The molecule has 2 rings (SSSR count). The van der Waals surface area contributed by atoms with Gasteiger partial charge in [0, 0.05) is 11.1 Å². The van der Waals surface area contributed by atoms with Crippen LogP contribution in [-0.4, -0.2) is 55.8 Å². The molecule has 0 saturated heterocycles. The predicted octanol–water partition coefficient (Wildman–Crippen LogP) is 1.92. The van der Waals surface area contributed by atoms with Crippen LogP contribution in [0.1, 0.15) is 5.56 Å². The summed E-state index contributed by atoms with van der Waals surface area (Å²) in [7, 11) is 3.18. The van der Waals surface area contributed by atoms with Crippen LogP contribution in [0, 0.1) is 0 Å². The van der Waals surface area contributed by atoms with Gasteiger partial charge in [0.15, 0.2) is 11.8 Å². The first-order valence-electron chi connectivity index (χ1n) is 6.88. The summed E-state index contributed by atoms with van der Waals surface area (Å²) in [5.74, 6) is -2.44. The zero-order valence-corrected chi connectivity index (χ0v) is 16.9. The van der Waals surface area contributed by atoms with Crippen molar-refractivity contribution in [2.45, 2.75) is 6.23 Å². The lowest BCUT2D eigenvalue weighted by Crippen LogP contribution is -2.38. The number of methoxy groups -OCH3 is 3. The summed E-state index contributed by atoms with van der Waals surface area (Å²) in [6.07, 6.45) is -2.72. The zero-order valence-electron chi connectivity index (χ0n) is 13.7. The van der Waals surface area contributed by atoms with Crippen LogP contribution in [0.5, 0.6) is 5.75 Å². The molecule has 1 aliphatic rings. The molecule has 0 radical (unpaired) electrons. The normalized spacial score (nSPS) is 15.4. The zero-order chi connectivity index (χ0) is 19.8. The van der Waals surface area contributed by atoms with Crippen LogP contribution in [0.2, 0.25) is 0 Å². The van der Waals surface area contributed by atoms with Gasteiger partial charge in [-0.25, -0.2) is 19.3 Å². The topological polar surface area (TPSA) is 123 Å². The van der Waals surface area contributed by atoms with Gasteiger partial charge < -0.3 is 24.4 Å². The van der Waals surface area contributed by atoms with E-state index in [9.17, 15) is 24.6 Å². The summed E-state index contributed by atoms with van der Waals surface area (Å²) in [6, 6.07) is 1.33. The highest BCUT2D eigenvalue weighted by Gasteiger charge is 2.44. The van der Waals surface area contributed by atoms with Gasteiger partial charge >= 0.3 is 18.0 Å². The number of aromatic hydroxyl groups is 1. The summed E-state index contributed by atoms with van der Waals surface area (Å²) in [6.45, 7) is 0. The lowest BCUT2D eigenvalue weighted by molar-refractivity contribution is -0.144. The largest absolute Gasteiger partial charge is 0.506 e. The van der Waals surface area contributed by atoms with Crippen molar-refractivity contribution in [2.75, 3.05) is 26.2 Å². The molecule has 1 atom stereocenters. The molecule has 0 spiro atoms. The van der Waals surface area contributed by atoms with Crippen molar-refractivity contribution in [3.05, 3.63) is 26.1 Å². The van der Waals surface area contributed by atoms with Crippen molar-refractivity contribution in [1.82, 2.24) is 0 Å². The molecule has 0 saturated carbocycles. The van der Waals surface area contributed by atoms with Gasteiger partial charge in [-0.05, 0) is 37.9 Å². The van der Waals surface area contributed by atoms with Gasteiger partial charge in [0.2, 0.25) is 0 Å². The molecular formula is C15H13Br2NO8. The SMILES string of the molecule is COC(=O)C(C(=O)OC)=C1c2c(cc(Br)c(O)c2Br)N(C(=O)OC)C1O. The van der Waals surface area contributed by atoms with E-state index in [1.54, 1.807) is 0 Å². The standard InChI is InChI=1S/C15H13Br2NO8/c1-24-13(21)9(14(22)25-2)8-7-6(4-5(16)11(19)10(7)17)18(12(8)20)15(23)26-3/h4,12,19-20H,1-3H3. The number of phenolic OH excluding ortho intramolecular Hbond substituents is 1. The minimum absolute atomic E-state index is 0.0348. The molecule has 1 heterocycles. The Bertz CT molecular complexity index is 817. The van der Waals surface area contributed by atoms with E-state index in [1.807, 2.05) is 0 Å². The van der Waals surface area contributed by atoms with Crippen molar-refractivity contribution in [1.29, 1.82) is 0 Å². The first kappa shape index (κ1) is 20.2. The van der Waals surface area contributed by atoms with Crippen molar-refractivity contribution >= 4 is 61.2 Å². The van der Waals surface area contributed by atoms with E-state index >= 15 is 0 Å². The van der Waals surface area contributed by atoms with Crippen LogP contribution < -0.4 is 4.90 Å². The van der Waals surface area contributed by atoms with E-state index < -0.39 is 29.8 Å². The highest BCUT2D eigenvalue weighted by molar-refractivity contribution is 9.11. The Hall–Kier alpha value is -2.11. The number of hydrogen-bond acceptors (Lipinski definition) is 8. The number of fused-ring (bicyclic) bond motifs is 1. The van der Waals surface area contributed by atoms with Gasteiger partial charge in [0.25, 0.3) is 0 Å². The van der Waals surface area contributed by atoms with Crippen LogP contribution in [0.25, 0.3) is 5.57 Å². The molecule has 1 aromatic carbocycles. The number of hydrogen-bond donors (Lipinski definition) is 2. The average Bonchev–Trinajstić information content (AvgIpc) is 2.91. The Morgan fingerprint density at radius 2 is 1.62 bits per heavy atom. The van der Waals surface area contributed by atoms with Crippen LogP contribution in [0.4, 0.5) is 10.5 Å². The second-order valence-corrected chi connectivity index (χ2v) is 6.55. The van der Waals surface area contributed by atoms with Gasteiger partial charge in [0.05, 0.1) is 36.0 Å². The number of aliphatic hydroxyl groups is 1. The highest BCUT2D eigenvalue weighted by atomic mass is 79.9. The number of phenols is 1. The van der Waals surface area contributed by atoms with E-state index in [0.29, 0.717) is 0 Å². The smallest absolute Gasteiger partial charge is 0.416 e. The van der Waals surface area contributed by atoms with Gasteiger partial charge in [-0.15, -0.1) is 0 Å². The highest BCUT2D eigenvalue weighted by Crippen LogP contribution is 2.51. The first-order chi connectivity index (χ1) is 12.2. The Kier molecular flexibility index (Phi) is 5.94. The fraction of sp³-hybridized carbons (Fsp3) is 0.267. The number of carbonyl (C=O) groups excluding carboxylic acids is 3. The second kappa shape index (κ2) is 7.64. The number of amides is 1. The minimum atomic E-state index is -1.77. The van der Waals surface area contributed by atoms with Crippen molar-refractivity contribution in [2.24, 2.45) is 0 Å². The number of nitrogens with zero attached hydrogens (tertiary/aromatic N) is 1. The maximum atomic E-state index is 12.2. The Morgan fingerprint density at radius 1 is 1.08 bits per heavy atom. The monoisotopic (exact) mass is 493 g/mol. The number of benzene rings is 1. The third-order valence-corrected chi connectivity index (χ3v) is 5.00. The van der Waals surface area contributed by atoms with Gasteiger partial charge in [-0.2, -0.15) is 0 Å². The molecule has 1 aliphatic heterocycles. The summed E-state index contributed by atoms with van der Waals surface area (Å²) in [5.41, 5.74) is -0.785. The molecular weight excluding hydrogens is 482 g/mol. The summed E-state index contributed by atoms with van der Waals surface area (Å²) in [5, 5.41) is 20.8. The number of ether oxygens (including phenoxy) is 3. The molecule has 0 aliphatic carbocycles.